The molecule has 0 aliphatic carbocycles. The van der Waals surface area contributed by atoms with Gasteiger partial charge in [-0.05, 0) is 37.5 Å². The molecule has 23 heavy (non-hydrogen) atoms. The van der Waals surface area contributed by atoms with Gasteiger partial charge in [-0.15, -0.1) is 0 Å². The van der Waals surface area contributed by atoms with Crippen molar-refractivity contribution in [3.05, 3.63) is 47.8 Å². The first-order valence-electron chi connectivity index (χ1n) is 8.04. The van der Waals surface area contributed by atoms with Crippen molar-refractivity contribution in [2.75, 3.05) is 13.2 Å². The van der Waals surface area contributed by atoms with Crippen LogP contribution in [0.2, 0.25) is 0 Å². The normalized spacial score (nSPS) is 20.9. The number of carbonyl (C=O) groups excluding carboxylic acids is 1. The number of para-hydroxylation sites is 1. The molecule has 1 saturated heterocycles. The van der Waals surface area contributed by atoms with Gasteiger partial charge in [-0.25, -0.2) is 4.68 Å². The lowest BCUT2D eigenvalue weighted by Gasteiger charge is -2.22. The highest BCUT2D eigenvalue weighted by atomic mass is 16.5. The first-order chi connectivity index (χ1) is 11.0. The zero-order chi connectivity index (χ0) is 16.4. The lowest BCUT2D eigenvalue weighted by Crippen LogP contribution is -2.46. The van der Waals surface area contributed by atoms with Crippen LogP contribution in [0.1, 0.15) is 49.3 Å². The molecular weight excluding hydrogens is 290 g/mol. The van der Waals surface area contributed by atoms with Gasteiger partial charge >= 0.3 is 0 Å². The van der Waals surface area contributed by atoms with Crippen LogP contribution in [0.3, 0.4) is 0 Å². The van der Waals surface area contributed by atoms with Crippen LogP contribution in [0.15, 0.2) is 36.4 Å². The van der Waals surface area contributed by atoms with Crippen molar-refractivity contribution in [3.63, 3.8) is 0 Å². The number of amides is 1. The number of ether oxygens (including phenoxy) is 1. The molecule has 0 bridgehead atoms. The standard InChI is InChI=1S/C18H23N3O2/c1-13(2)16-11-15(17(22)19-18(3)9-10-23-12-18)20-21(16)14-7-5-4-6-8-14/h4-8,11,13H,9-10,12H2,1-3H3,(H,19,22). The van der Waals surface area contributed by atoms with Crippen molar-refractivity contribution in [3.8, 4) is 5.69 Å². The second-order valence-electron chi connectivity index (χ2n) is 6.67. The van der Waals surface area contributed by atoms with E-state index in [0.29, 0.717) is 18.9 Å². The molecule has 1 fully saturated rings. The van der Waals surface area contributed by atoms with Crippen LogP contribution in [0.5, 0.6) is 0 Å². The van der Waals surface area contributed by atoms with Gasteiger partial charge < -0.3 is 10.1 Å². The van der Waals surface area contributed by atoms with Crippen molar-refractivity contribution in [2.45, 2.75) is 38.6 Å². The molecule has 1 N–H and O–H groups in total. The Hall–Kier alpha value is -2.14. The average Bonchev–Trinajstić information content (AvgIpc) is 3.15. The third kappa shape index (κ3) is 3.29. The summed E-state index contributed by atoms with van der Waals surface area (Å²) in [4.78, 5) is 12.6. The van der Waals surface area contributed by atoms with Gasteiger partial charge in [0.25, 0.3) is 5.91 Å². The summed E-state index contributed by atoms with van der Waals surface area (Å²) in [6.07, 6.45) is 0.829. The topological polar surface area (TPSA) is 56.1 Å². The van der Waals surface area contributed by atoms with Gasteiger partial charge in [-0.3, -0.25) is 4.79 Å². The number of rotatable bonds is 4. The minimum atomic E-state index is -0.300. The van der Waals surface area contributed by atoms with E-state index >= 15 is 0 Å². The van der Waals surface area contributed by atoms with Gasteiger partial charge in [-0.2, -0.15) is 5.10 Å². The Balaban J connectivity index is 1.90. The maximum atomic E-state index is 12.6. The molecule has 5 nitrogen and oxygen atoms in total. The van der Waals surface area contributed by atoms with Crippen LogP contribution in [0.4, 0.5) is 0 Å². The molecule has 122 valence electrons. The summed E-state index contributed by atoms with van der Waals surface area (Å²) in [5.41, 5.74) is 2.14. The van der Waals surface area contributed by atoms with E-state index in [1.54, 1.807) is 0 Å². The molecule has 0 spiro atoms. The quantitative estimate of drug-likeness (QED) is 0.944. The fraction of sp³-hybridized carbons (Fsp3) is 0.444. The summed E-state index contributed by atoms with van der Waals surface area (Å²) in [7, 11) is 0. The van der Waals surface area contributed by atoms with Crippen LogP contribution >= 0.6 is 0 Å². The minimum Gasteiger partial charge on any atom is -0.379 e. The largest absolute Gasteiger partial charge is 0.379 e. The van der Waals surface area contributed by atoms with Gasteiger partial charge in [0.1, 0.15) is 0 Å². The van der Waals surface area contributed by atoms with Gasteiger partial charge in [0.15, 0.2) is 5.69 Å². The fourth-order valence-electron chi connectivity index (χ4n) is 2.80. The summed E-state index contributed by atoms with van der Waals surface area (Å²) < 4.78 is 7.25. The molecule has 2 aromatic rings. The Morgan fingerprint density at radius 2 is 2.09 bits per heavy atom. The maximum absolute atomic E-state index is 12.6. The molecule has 0 saturated carbocycles. The summed E-state index contributed by atoms with van der Waals surface area (Å²) in [5, 5.41) is 7.60. The van der Waals surface area contributed by atoms with Gasteiger partial charge in [0, 0.05) is 12.3 Å². The maximum Gasteiger partial charge on any atom is 0.272 e. The molecule has 1 aliphatic heterocycles. The van der Waals surface area contributed by atoms with Crippen molar-refractivity contribution >= 4 is 5.91 Å². The van der Waals surface area contributed by atoms with Gasteiger partial charge in [-0.1, -0.05) is 32.0 Å². The molecular formula is C18H23N3O2. The monoisotopic (exact) mass is 313 g/mol. The number of hydrogen-bond acceptors (Lipinski definition) is 3. The zero-order valence-electron chi connectivity index (χ0n) is 13.9. The Morgan fingerprint density at radius 3 is 2.70 bits per heavy atom. The predicted octanol–water partition coefficient (Wildman–Crippen LogP) is 2.90. The first kappa shape index (κ1) is 15.7. The van der Waals surface area contributed by atoms with E-state index < -0.39 is 0 Å². The van der Waals surface area contributed by atoms with Crippen LogP contribution < -0.4 is 5.32 Å². The van der Waals surface area contributed by atoms with Crippen LogP contribution in [0.25, 0.3) is 5.69 Å². The lowest BCUT2D eigenvalue weighted by atomic mass is 10.0. The third-order valence-electron chi connectivity index (χ3n) is 4.20. The molecule has 1 atom stereocenters. The first-order valence-corrected chi connectivity index (χ1v) is 8.04. The Kier molecular flexibility index (Phi) is 4.22. The highest BCUT2D eigenvalue weighted by Gasteiger charge is 2.32. The van der Waals surface area contributed by atoms with E-state index in [4.69, 9.17) is 4.74 Å². The van der Waals surface area contributed by atoms with Gasteiger partial charge in [0.05, 0.1) is 17.8 Å². The number of nitrogens with zero attached hydrogens (tertiary/aromatic N) is 2. The minimum absolute atomic E-state index is 0.144. The highest BCUT2D eigenvalue weighted by molar-refractivity contribution is 5.93. The Labute approximate surface area is 136 Å². The SMILES string of the molecule is CC(C)c1cc(C(=O)NC2(C)CCOC2)nn1-c1ccccc1. The molecule has 1 aliphatic rings. The van der Waals surface area contributed by atoms with Crippen molar-refractivity contribution in [1.29, 1.82) is 0 Å². The van der Waals surface area contributed by atoms with E-state index in [0.717, 1.165) is 17.8 Å². The summed E-state index contributed by atoms with van der Waals surface area (Å²) in [5.74, 6) is 0.129. The van der Waals surface area contributed by atoms with Crippen molar-refractivity contribution in [1.82, 2.24) is 15.1 Å². The summed E-state index contributed by atoms with van der Waals surface area (Å²) >= 11 is 0. The summed E-state index contributed by atoms with van der Waals surface area (Å²) in [6, 6.07) is 11.8. The van der Waals surface area contributed by atoms with E-state index in [-0.39, 0.29) is 17.4 Å². The van der Waals surface area contributed by atoms with Crippen LogP contribution in [0, 0.1) is 0 Å². The molecule has 3 rings (SSSR count). The van der Waals surface area contributed by atoms with Crippen LogP contribution in [-0.2, 0) is 4.74 Å². The van der Waals surface area contributed by atoms with Crippen molar-refractivity contribution in [2.24, 2.45) is 0 Å². The van der Waals surface area contributed by atoms with E-state index in [9.17, 15) is 4.79 Å². The molecule has 5 heteroatoms. The highest BCUT2D eigenvalue weighted by Crippen LogP contribution is 2.22. The van der Waals surface area contributed by atoms with Gasteiger partial charge in [0.2, 0.25) is 0 Å². The number of aromatic nitrogens is 2. The average molecular weight is 313 g/mol. The van der Waals surface area contributed by atoms with E-state index in [1.807, 2.05) is 48.0 Å². The zero-order valence-corrected chi connectivity index (χ0v) is 13.9. The second kappa shape index (κ2) is 6.16. The Morgan fingerprint density at radius 1 is 1.35 bits per heavy atom. The second-order valence-corrected chi connectivity index (χ2v) is 6.67. The molecule has 1 aromatic carbocycles. The number of carbonyl (C=O) groups is 1. The lowest BCUT2D eigenvalue weighted by molar-refractivity contribution is 0.0884. The third-order valence-corrected chi connectivity index (χ3v) is 4.20. The van der Waals surface area contributed by atoms with E-state index in [1.165, 1.54) is 0 Å². The fourth-order valence-corrected chi connectivity index (χ4v) is 2.80. The molecule has 1 aromatic heterocycles. The number of benzene rings is 1. The van der Waals surface area contributed by atoms with Crippen molar-refractivity contribution < 1.29 is 9.53 Å². The number of nitrogens with one attached hydrogen (secondary N) is 1. The molecule has 2 heterocycles. The van der Waals surface area contributed by atoms with E-state index in [2.05, 4.69) is 24.3 Å². The van der Waals surface area contributed by atoms with Crippen LogP contribution in [-0.4, -0.2) is 34.4 Å². The molecule has 1 amide bonds. The number of hydrogen-bond donors (Lipinski definition) is 1. The molecule has 0 radical (unpaired) electrons. The smallest absolute Gasteiger partial charge is 0.272 e. The molecule has 1 unspecified atom stereocenters. The summed E-state index contributed by atoms with van der Waals surface area (Å²) in [6.45, 7) is 7.45. The predicted molar refractivity (Wildman–Crippen MR) is 89.0 cm³/mol. The Bertz CT molecular complexity index is 686.